The second-order valence-electron chi connectivity index (χ2n) is 4.22. The Balaban J connectivity index is 2.33. The Morgan fingerprint density at radius 2 is 2.28 bits per heavy atom. The molecule has 1 aromatic carbocycles. The van der Waals surface area contributed by atoms with Gasteiger partial charge in [-0.2, -0.15) is 0 Å². The molecule has 0 aliphatic carbocycles. The maximum atomic E-state index is 5.99. The van der Waals surface area contributed by atoms with Crippen LogP contribution in [0.15, 0.2) is 17.5 Å². The minimum atomic E-state index is 0.654. The number of hydrogen-bond acceptors (Lipinski definition) is 4. The van der Waals surface area contributed by atoms with Crippen molar-refractivity contribution in [2.45, 2.75) is 6.42 Å². The van der Waals surface area contributed by atoms with Crippen LogP contribution in [0.25, 0.3) is 11.1 Å². The maximum absolute atomic E-state index is 5.99. The number of rotatable bonds is 1. The van der Waals surface area contributed by atoms with Crippen LogP contribution >= 0.6 is 11.3 Å². The zero-order valence-corrected chi connectivity index (χ0v) is 11.0. The monoisotopic (exact) mass is 260 g/mol. The number of fused-ring (bicyclic) bond motifs is 3. The van der Waals surface area contributed by atoms with Crippen LogP contribution in [-0.2, 0) is 6.42 Å². The van der Waals surface area contributed by atoms with Gasteiger partial charge >= 0.3 is 0 Å². The lowest BCUT2D eigenvalue weighted by Gasteiger charge is -2.13. The summed E-state index contributed by atoms with van der Waals surface area (Å²) in [5.41, 5.74) is 9.95. The second kappa shape index (κ2) is 4.21. The average Bonchev–Trinajstić information content (AvgIpc) is 2.62. The first kappa shape index (κ1) is 11.4. The number of hydrogen-bond donors (Lipinski definition) is 1. The summed E-state index contributed by atoms with van der Waals surface area (Å²) in [5, 5.41) is 2.06. The van der Waals surface area contributed by atoms with Crippen molar-refractivity contribution in [1.82, 2.24) is 0 Å². The number of thiophene rings is 1. The van der Waals surface area contributed by atoms with Crippen LogP contribution in [0.1, 0.15) is 10.4 Å². The molecule has 0 amide bonds. The van der Waals surface area contributed by atoms with Crippen molar-refractivity contribution in [2.75, 3.05) is 19.5 Å². The zero-order chi connectivity index (χ0) is 12.7. The molecule has 0 unspecified atom stereocenters. The van der Waals surface area contributed by atoms with E-state index in [1.54, 1.807) is 18.4 Å². The molecule has 0 fully saturated rings. The van der Waals surface area contributed by atoms with Crippen LogP contribution in [0.2, 0.25) is 0 Å². The largest absolute Gasteiger partial charge is 0.494 e. The summed E-state index contributed by atoms with van der Waals surface area (Å²) in [6, 6.07) is 3.94. The van der Waals surface area contributed by atoms with Gasteiger partial charge in [0.25, 0.3) is 0 Å². The summed E-state index contributed by atoms with van der Waals surface area (Å²) in [5.74, 6) is 1.60. The molecule has 0 spiro atoms. The smallest absolute Gasteiger partial charge is 0.150 e. The van der Waals surface area contributed by atoms with Crippen molar-refractivity contribution in [1.29, 1.82) is 0 Å². The maximum Gasteiger partial charge on any atom is 0.150 e. The number of anilines is 1. The second-order valence-corrected chi connectivity index (χ2v) is 5.19. The standard InChI is InChI=1S/C14H14NO2S/c1-8-13-10(7-18-8)12-9(5-6-17-13)3-4-11(15)14(12)16-2/h3-4,7H,1,5-6,15H2,2H3. The normalized spacial score (nSPS) is 13.2. The van der Waals surface area contributed by atoms with Gasteiger partial charge in [-0.25, -0.2) is 0 Å². The van der Waals surface area contributed by atoms with Gasteiger partial charge in [-0.1, -0.05) is 6.07 Å². The molecule has 1 aliphatic rings. The third kappa shape index (κ3) is 1.56. The highest BCUT2D eigenvalue weighted by Crippen LogP contribution is 2.47. The molecule has 0 atom stereocenters. The molecule has 1 aliphatic heterocycles. The van der Waals surface area contributed by atoms with Gasteiger partial charge in [0.15, 0.2) is 0 Å². The Morgan fingerprint density at radius 3 is 3.06 bits per heavy atom. The highest BCUT2D eigenvalue weighted by atomic mass is 32.1. The molecule has 1 radical (unpaired) electrons. The van der Waals surface area contributed by atoms with Crippen molar-refractivity contribution in [3.63, 3.8) is 0 Å². The van der Waals surface area contributed by atoms with E-state index in [1.165, 1.54) is 5.56 Å². The van der Waals surface area contributed by atoms with E-state index in [-0.39, 0.29) is 0 Å². The highest BCUT2D eigenvalue weighted by molar-refractivity contribution is 7.11. The van der Waals surface area contributed by atoms with E-state index in [2.05, 4.69) is 12.3 Å². The highest BCUT2D eigenvalue weighted by Gasteiger charge is 2.23. The molecule has 1 aromatic heterocycles. The predicted molar refractivity (Wildman–Crippen MR) is 74.4 cm³/mol. The van der Waals surface area contributed by atoms with E-state index in [4.69, 9.17) is 15.2 Å². The van der Waals surface area contributed by atoms with Crippen molar-refractivity contribution < 1.29 is 9.47 Å². The summed E-state index contributed by atoms with van der Waals surface area (Å²) >= 11 is 1.59. The first-order valence-corrected chi connectivity index (χ1v) is 6.62. The fourth-order valence-electron chi connectivity index (χ4n) is 2.34. The fourth-order valence-corrected chi connectivity index (χ4v) is 3.11. The van der Waals surface area contributed by atoms with E-state index in [0.717, 1.165) is 33.9 Å². The Labute approximate surface area is 110 Å². The number of methoxy groups -OCH3 is 1. The third-order valence-corrected chi connectivity index (χ3v) is 4.01. The Bertz CT molecular complexity index is 604. The zero-order valence-electron chi connectivity index (χ0n) is 10.2. The van der Waals surface area contributed by atoms with Crippen molar-refractivity contribution in [3.8, 4) is 22.6 Å². The summed E-state index contributed by atoms with van der Waals surface area (Å²) in [6.07, 6.45) is 0.852. The van der Waals surface area contributed by atoms with Gasteiger partial charge in [-0.3, -0.25) is 0 Å². The summed E-state index contributed by atoms with van der Waals surface area (Å²) in [6.45, 7) is 4.67. The van der Waals surface area contributed by atoms with Gasteiger partial charge in [-0.15, -0.1) is 11.3 Å². The average molecular weight is 260 g/mol. The first-order chi connectivity index (χ1) is 8.72. The van der Waals surface area contributed by atoms with Gasteiger partial charge in [0, 0.05) is 27.8 Å². The molecule has 3 nitrogen and oxygen atoms in total. The lowest BCUT2D eigenvalue weighted by Crippen LogP contribution is -2.00. The van der Waals surface area contributed by atoms with E-state index >= 15 is 0 Å². The number of benzene rings is 1. The number of nitrogen functional groups attached to an aromatic ring is 1. The van der Waals surface area contributed by atoms with E-state index in [9.17, 15) is 0 Å². The van der Waals surface area contributed by atoms with Crippen LogP contribution in [0.5, 0.6) is 11.5 Å². The molecule has 0 saturated heterocycles. The van der Waals surface area contributed by atoms with E-state index in [0.29, 0.717) is 12.3 Å². The number of ether oxygens (including phenoxy) is 2. The number of nitrogens with two attached hydrogens (primary N) is 1. The summed E-state index contributed by atoms with van der Waals surface area (Å²) < 4.78 is 11.3. The molecule has 3 rings (SSSR count). The van der Waals surface area contributed by atoms with Crippen LogP contribution in [0, 0.1) is 6.92 Å². The van der Waals surface area contributed by atoms with Crippen LogP contribution in [0.3, 0.4) is 0 Å². The molecule has 0 bridgehead atoms. The van der Waals surface area contributed by atoms with Crippen molar-refractivity contribution in [3.05, 3.63) is 34.9 Å². The quantitative estimate of drug-likeness (QED) is 0.801. The topological polar surface area (TPSA) is 44.5 Å². The lowest BCUT2D eigenvalue weighted by atomic mass is 9.98. The molecular formula is C14H14NO2S. The molecule has 4 heteroatoms. The van der Waals surface area contributed by atoms with Gasteiger partial charge < -0.3 is 15.2 Å². The fraction of sp³-hybridized carbons (Fsp3) is 0.214. The van der Waals surface area contributed by atoms with E-state index in [1.807, 2.05) is 12.1 Å². The van der Waals surface area contributed by atoms with E-state index < -0.39 is 0 Å². The van der Waals surface area contributed by atoms with Crippen molar-refractivity contribution in [2.24, 2.45) is 0 Å². The summed E-state index contributed by atoms with van der Waals surface area (Å²) in [7, 11) is 1.65. The minimum absolute atomic E-state index is 0.654. The van der Waals surface area contributed by atoms with Gasteiger partial charge in [0.05, 0.1) is 19.4 Å². The Kier molecular flexibility index (Phi) is 2.67. The van der Waals surface area contributed by atoms with Gasteiger partial charge in [0.2, 0.25) is 0 Å². The van der Waals surface area contributed by atoms with Gasteiger partial charge in [0.1, 0.15) is 11.5 Å². The summed E-state index contributed by atoms with van der Waals surface area (Å²) in [4.78, 5) is 0.947. The SMILES string of the molecule is [CH2]c1scc2c1OCCc1ccc(N)c(OC)c1-2. The molecule has 2 aromatic rings. The Morgan fingerprint density at radius 1 is 1.44 bits per heavy atom. The molecular weight excluding hydrogens is 246 g/mol. The molecule has 18 heavy (non-hydrogen) atoms. The third-order valence-electron chi connectivity index (χ3n) is 3.18. The predicted octanol–water partition coefficient (Wildman–Crippen LogP) is 3.12. The first-order valence-electron chi connectivity index (χ1n) is 5.74. The molecule has 2 N–H and O–H groups in total. The lowest BCUT2D eigenvalue weighted by molar-refractivity contribution is 0.326. The van der Waals surface area contributed by atoms with Gasteiger partial charge in [-0.05, 0) is 18.6 Å². The molecule has 0 saturated carbocycles. The van der Waals surface area contributed by atoms with Crippen LogP contribution < -0.4 is 15.2 Å². The molecule has 2 heterocycles. The molecule has 93 valence electrons. The minimum Gasteiger partial charge on any atom is -0.494 e. The van der Waals surface area contributed by atoms with Crippen molar-refractivity contribution >= 4 is 17.0 Å². The Hall–Kier alpha value is -1.68. The van der Waals surface area contributed by atoms with Crippen LogP contribution in [-0.4, -0.2) is 13.7 Å². The van der Waals surface area contributed by atoms with Crippen LogP contribution in [0.4, 0.5) is 5.69 Å².